The van der Waals surface area contributed by atoms with Crippen molar-refractivity contribution in [1.82, 2.24) is 19.7 Å². The van der Waals surface area contributed by atoms with E-state index in [0.717, 1.165) is 24.6 Å². The fraction of sp³-hybridized carbons (Fsp3) is 0.794. The van der Waals surface area contributed by atoms with Gasteiger partial charge in [0, 0.05) is 50.6 Å². The highest BCUT2D eigenvalue weighted by Gasteiger charge is 2.20. The van der Waals surface area contributed by atoms with Crippen LogP contribution in [0.5, 0.6) is 0 Å². The van der Waals surface area contributed by atoms with Crippen LogP contribution in [0.4, 0.5) is 5.69 Å². The molecule has 1 aliphatic heterocycles. The summed E-state index contributed by atoms with van der Waals surface area (Å²) in [6.07, 6.45) is 11.8. The number of pyridine rings is 1. The third-order valence-corrected chi connectivity index (χ3v) is 7.48. The first-order chi connectivity index (χ1) is 18.9. The smallest absolute Gasteiger partial charge is 0.0677 e. The summed E-state index contributed by atoms with van der Waals surface area (Å²) in [6.45, 7) is 33.5. The van der Waals surface area contributed by atoms with Gasteiger partial charge in [-0.25, -0.2) is 0 Å². The van der Waals surface area contributed by atoms with Gasteiger partial charge < -0.3 is 20.0 Å². The molecule has 0 bridgehead atoms. The zero-order chi connectivity index (χ0) is 29.0. The summed E-state index contributed by atoms with van der Waals surface area (Å²) in [5, 5.41) is 3.80. The lowest BCUT2D eigenvalue weighted by molar-refractivity contribution is 0.125. The molecule has 2 aliphatic rings. The van der Waals surface area contributed by atoms with Crippen molar-refractivity contribution >= 4 is 11.8 Å². The van der Waals surface area contributed by atoms with Gasteiger partial charge in [0.15, 0.2) is 0 Å². The van der Waals surface area contributed by atoms with Crippen molar-refractivity contribution < 1.29 is 0 Å². The van der Waals surface area contributed by atoms with E-state index in [-0.39, 0.29) is 0 Å². The Bertz CT molecular complexity index is 767. The lowest BCUT2D eigenvalue weighted by Crippen LogP contribution is -2.47. The van der Waals surface area contributed by atoms with Gasteiger partial charge in [-0.3, -0.25) is 4.98 Å². The van der Waals surface area contributed by atoms with E-state index in [2.05, 4.69) is 68.1 Å². The summed E-state index contributed by atoms with van der Waals surface area (Å²) in [5.74, 6) is 0.765. The van der Waals surface area contributed by atoms with E-state index in [9.17, 15) is 0 Å². The molecule has 0 radical (unpaired) electrons. The topological polar surface area (TPSA) is 34.6 Å². The third kappa shape index (κ3) is 13.2. The average Bonchev–Trinajstić information content (AvgIpc) is 2.94. The normalized spacial score (nSPS) is 15.7. The Morgan fingerprint density at radius 1 is 0.949 bits per heavy atom. The number of aryl methyl sites for hydroxylation is 1. The second kappa shape index (κ2) is 21.3. The van der Waals surface area contributed by atoms with Crippen molar-refractivity contribution in [3.05, 3.63) is 29.1 Å². The Kier molecular flexibility index (Phi) is 19.5. The Morgan fingerprint density at radius 2 is 1.54 bits per heavy atom. The maximum Gasteiger partial charge on any atom is 0.0677 e. The van der Waals surface area contributed by atoms with E-state index in [0.29, 0.717) is 0 Å². The Hall–Kier alpha value is -1.43. The van der Waals surface area contributed by atoms with Crippen LogP contribution in [0.25, 0.3) is 6.08 Å². The van der Waals surface area contributed by atoms with E-state index < -0.39 is 0 Å². The molecular weight excluding hydrogens is 478 g/mol. The summed E-state index contributed by atoms with van der Waals surface area (Å²) < 4.78 is 0. The summed E-state index contributed by atoms with van der Waals surface area (Å²) in [4.78, 5) is 12.9. The quantitative estimate of drug-likeness (QED) is 0.245. The first kappa shape index (κ1) is 35.6. The molecule has 1 N–H and O–H groups in total. The molecule has 226 valence electrons. The van der Waals surface area contributed by atoms with Crippen LogP contribution in [0, 0.1) is 12.8 Å². The van der Waals surface area contributed by atoms with Crippen LogP contribution < -0.4 is 5.32 Å². The first-order valence-electron chi connectivity index (χ1n) is 16.5. The molecule has 1 aliphatic carbocycles. The number of hydrogen-bond acceptors (Lipinski definition) is 5. The average molecular weight is 544 g/mol. The van der Waals surface area contributed by atoms with E-state index >= 15 is 0 Å². The van der Waals surface area contributed by atoms with Crippen LogP contribution in [-0.4, -0.2) is 85.1 Å². The van der Waals surface area contributed by atoms with E-state index in [1.54, 1.807) is 0 Å². The van der Waals surface area contributed by atoms with Crippen LogP contribution in [-0.2, 0) is 12.8 Å². The van der Waals surface area contributed by atoms with Gasteiger partial charge in [-0.2, -0.15) is 0 Å². The second-order valence-electron chi connectivity index (χ2n) is 11.6. The number of hydrogen-bond donors (Lipinski definition) is 1. The first-order valence-corrected chi connectivity index (χ1v) is 16.5. The molecule has 0 amide bonds. The zero-order valence-electron chi connectivity index (χ0n) is 27.4. The lowest BCUT2D eigenvalue weighted by atomic mass is 9.92. The number of fused-ring (bicyclic) bond motifs is 1. The Balaban J connectivity index is 0.00000142. The number of aromatic nitrogens is 1. The van der Waals surface area contributed by atoms with Crippen LogP contribution in [0.1, 0.15) is 110 Å². The number of rotatable bonds is 14. The minimum Gasteiger partial charge on any atom is -0.384 e. The van der Waals surface area contributed by atoms with Crippen molar-refractivity contribution in [2.75, 3.05) is 70.8 Å². The molecule has 5 nitrogen and oxygen atoms in total. The summed E-state index contributed by atoms with van der Waals surface area (Å²) in [6, 6.07) is 0. The number of anilines is 1. The van der Waals surface area contributed by atoms with Gasteiger partial charge in [-0.15, -0.1) is 0 Å². The van der Waals surface area contributed by atoms with E-state index in [4.69, 9.17) is 4.98 Å². The number of nitrogens with one attached hydrogen (secondary N) is 1. The van der Waals surface area contributed by atoms with Crippen molar-refractivity contribution in [1.29, 1.82) is 0 Å². The minimum atomic E-state index is 0.765. The van der Waals surface area contributed by atoms with Gasteiger partial charge in [0.1, 0.15) is 0 Å². The van der Waals surface area contributed by atoms with E-state index in [1.165, 1.54) is 126 Å². The van der Waals surface area contributed by atoms with Gasteiger partial charge in [0.2, 0.25) is 0 Å². The highest BCUT2D eigenvalue weighted by Crippen LogP contribution is 2.31. The SMILES string of the molecule is C=Cc1nc2c(c(NCCCN3CCN(CCCN(CCC)CC(C)C)CC3)c1C)CCCC2.CC.CCC. The van der Waals surface area contributed by atoms with Crippen molar-refractivity contribution in [3.8, 4) is 0 Å². The summed E-state index contributed by atoms with van der Waals surface area (Å²) >= 11 is 0. The predicted octanol–water partition coefficient (Wildman–Crippen LogP) is 7.53. The predicted molar refractivity (Wildman–Crippen MR) is 175 cm³/mol. The molecule has 1 fully saturated rings. The standard InChI is InChI=1S/C29H51N5.C3H8.C2H6/c1-6-15-34(23-24(3)4)18-11-17-33-21-19-32(20-22-33)16-10-14-30-29-25(5)27(7-2)31-28-13-9-8-12-26(28)29;1-3-2;1-2/h7,24H,2,6,8-23H2,1,3-5H3,(H,30,31);3H2,1-2H3;1-2H3. The molecular formula is C34H65N5. The van der Waals surface area contributed by atoms with Gasteiger partial charge in [0.05, 0.1) is 5.69 Å². The Labute approximate surface area is 243 Å². The molecule has 2 heterocycles. The highest BCUT2D eigenvalue weighted by molar-refractivity contribution is 5.66. The second-order valence-corrected chi connectivity index (χ2v) is 11.6. The zero-order valence-corrected chi connectivity index (χ0v) is 27.4. The lowest BCUT2D eigenvalue weighted by Gasteiger charge is -2.35. The molecule has 1 aromatic rings. The van der Waals surface area contributed by atoms with Crippen molar-refractivity contribution in [3.63, 3.8) is 0 Å². The van der Waals surface area contributed by atoms with Crippen LogP contribution in [0.2, 0.25) is 0 Å². The monoisotopic (exact) mass is 544 g/mol. The largest absolute Gasteiger partial charge is 0.384 e. The van der Waals surface area contributed by atoms with Gasteiger partial charge in [0.25, 0.3) is 0 Å². The number of piperazine rings is 1. The maximum absolute atomic E-state index is 4.88. The summed E-state index contributed by atoms with van der Waals surface area (Å²) in [7, 11) is 0. The minimum absolute atomic E-state index is 0.765. The van der Waals surface area contributed by atoms with Crippen molar-refractivity contribution in [2.24, 2.45) is 5.92 Å². The molecule has 0 spiro atoms. The number of nitrogens with zero attached hydrogens (tertiary/aromatic N) is 4. The van der Waals surface area contributed by atoms with Crippen molar-refractivity contribution in [2.45, 2.75) is 107 Å². The van der Waals surface area contributed by atoms with Gasteiger partial charge in [-0.1, -0.05) is 61.5 Å². The van der Waals surface area contributed by atoms with Gasteiger partial charge >= 0.3 is 0 Å². The van der Waals surface area contributed by atoms with E-state index in [1.807, 2.05) is 19.9 Å². The molecule has 1 aromatic heterocycles. The van der Waals surface area contributed by atoms with Crippen LogP contribution in [0.3, 0.4) is 0 Å². The molecule has 0 aromatic carbocycles. The fourth-order valence-electron chi connectivity index (χ4n) is 5.70. The molecule has 0 unspecified atom stereocenters. The van der Waals surface area contributed by atoms with Gasteiger partial charge in [-0.05, 0) is 101 Å². The van der Waals surface area contributed by atoms with Crippen LogP contribution >= 0.6 is 0 Å². The maximum atomic E-state index is 4.88. The summed E-state index contributed by atoms with van der Waals surface area (Å²) in [5.41, 5.74) is 6.44. The molecule has 0 atom stereocenters. The molecule has 39 heavy (non-hydrogen) atoms. The third-order valence-electron chi connectivity index (χ3n) is 7.48. The van der Waals surface area contributed by atoms with Crippen LogP contribution in [0.15, 0.2) is 6.58 Å². The highest BCUT2D eigenvalue weighted by atomic mass is 15.3. The molecule has 0 saturated carbocycles. The fourth-order valence-corrected chi connectivity index (χ4v) is 5.70. The molecule has 3 rings (SSSR count). The molecule has 1 saturated heterocycles. The molecule has 5 heteroatoms. The Morgan fingerprint density at radius 3 is 2.10 bits per heavy atom.